The molecule has 216 valence electrons. The molecular formula is C29H27F6N5O. The smallest absolute Gasteiger partial charge is 0.353 e. The third-order valence-electron chi connectivity index (χ3n) is 6.96. The molecule has 1 saturated heterocycles. The number of rotatable bonds is 6. The monoisotopic (exact) mass is 575 g/mol. The lowest BCUT2D eigenvalue weighted by Crippen LogP contribution is -2.47. The summed E-state index contributed by atoms with van der Waals surface area (Å²) in [5, 5.41) is 9.02. The van der Waals surface area contributed by atoms with Crippen molar-refractivity contribution in [1.82, 2.24) is 14.8 Å². The zero-order valence-electron chi connectivity index (χ0n) is 22.4. The molecule has 0 N–H and O–H groups in total. The number of nitrogens with zero attached hydrogens (tertiary/aromatic N) is 5. The number of carbonyl (C=O) groups is 1. The number of amides is 1. The van der Waals surface area contributed by atoms with E-state index >= 15 is 0 Å². The topological polar surface area (TPSA) is 63.5 Å². The summed E-state index contributed by atoms with van der Waals surface area (Å²) >= 11 is 0. The number of pyridine rings is 1. The van der Waals surface area contributed by atoms with Crippen LogP contribution in [-0.4, -0.2) is 60.5 Å². The Bertz CT molecular complexity index is 1420. The quantitative estimate of drug-likeness (QED) is 0.266. The zero-order valence-corrected chi connectivity index (χ0v) is 22.4. The summed E-state index contributed by atoms with van der Waals surface area (Å²) in [5.41, 5.74) is -0.842. The van der Waals surface area contributed by atoms with E-state index in [2.05, 4.69) is 11.1 Å². The van der Waals surface area contributed by atoms with Crippen molar-refractivity contribution in [1.29, 1.82) is 5.26 Å². The lowest BCUT2D eigenvalue weighted by molar-refractivity contribution is -0.143. The fourth-order valence-electron chi connectivity index (χ4n) is 4.87. The Labute approximate surface area is 233 Å². The van der Waals surface area contributed by atoms with Crippen LogP contribution in [0.15, 0.2) is 54.7 Å². The number of hydrogen-bond donors (Lipinski definition) is 0. The highest BCUT2D eigenvalue weighted by molar-refractivity contribution is 6.05. The van der Waals surface area contributed by atoms with Crippen molar-refractivity contribution in [3.8, 4) is 17.2 Å². The molecule has 12 heteroatoms. The highest BCUT2D eigenvalue weighted by Gasteiger charge is 2.37. The van der Waals surface area contributed by atoms with Crippen LogP contribution in [0.25, 0.3) is 11.1 Å². The number of anilines is 1. The fraction of sp³-hybridized carbons (Fsp3) is 0.345. The second-order valence-corrected chi connectivity index (χ2v) is 9.87. The summed E-state index contributed by atoms with van der Waals surface area (Å²) in [4.78, 5) is 23.5. The van der Waals surface area contributed by atoms with E-state index in [1.165, 1.54) is 7.05 Å². The van der Waals surface area contributed by atoms with Gasteiger partial charge in [-0.25, -0.2) is 4.98 Å². The largest absolute Gasteiger partial charge is 0.416 e. The van der Waals surface area contributed by atoms with Gasteiger partial charge in [0, 0.05) is 46.0 Å². The maximum Gasteiger partial charge on any atom is 0.416 e. The average molecular weight is 576 g/mol. The molecule has 1 aromatic heterocycles. The van der Waals surface area contributed by atoms with E-state index in [0.717, 1.165) is 16.0 Å². The van der Waals surface area contributed by atoms with E-state index in [4.69, 9.17) is 5.26 Å². The molecule has 3 aromatic rings. The second kappa shape index (κ2) is 11.8. The minimum Gasteiger partial charge on any atom is -0.353 e. The molecule has 0 atom stereocenters. The van der Waals surface area contributed by atoms with Crippen molar-refractivity contribution < 1.29 is 31.1 Å². The number of nitriles is 1. The van der Waals surface area contributed by atoms with Crippen molar-refractivity contribution >= 4 is 11.7 Å². The summed E-state index contributed by atoms with van der Waals surface area (Å²) < 4.78 is 80.6. The minimum absolute atomic E-state index is 0.0623. The van der Waals surface area contributed by atoms with Crippen LogP contribution in [-0.2, 0) is 18.9 Å². The van der Waals surface area contributed by atoms with E-state index in [1.54, 1.807) is 12.3 Å². The van der Waals surface area contributed by atoms with Crippen LogP contribution >= 0.6 is 0 Å². The molecule has 0 bridgehead atoms. The zero-order chi connectivity index (χ0) is 29.9. The summed E-state index contributed by atoms with van der Waals surface area (Å²) in [6, 6.07) is 12.4. The molecule has 4 rings (SSSR count). The van der Waals surface area contributed by atoms with E-state index in [-0.39, 0.29) is 23.7 Å². The van der Waals surface area contributed by atoms with Gasteiger partial charge in [0.05, 0.1) is 29.3 Å². The standard InChI is InChI=1S/C29H27F6N5O/c1-19-5-3-4-6-23(19)24-7-9-37-26(40-13-11-39(10-8-36)12-14-40)25(24)27(41)38(2)18-20-15-21(28(30,31)32)17-22(16-20)29(33,34)35/h3-7,9,15-17H,10-14,18H2,1-2H3. The molecule has 0 spiro atoms. The molecule has 6 nitrogen and oxygen atoms in total. The Hall–Kier alpha value is -4.11. The normalized spacial score (nSPS) is 14.6. The van der Waals surface area contributed by atoms with Crippen molar-refractivity contribution in [2.75, 3.05) is 44.7 Å². The first-order chi connectivity index (χ1) is 19.3. The number of alkyl halides is 6. The van der Waals surface area contributed by atoms with E-state index in [1.807, 2.05) is 41.0 Å². The first-order valence-electron chi connectivity index (χ1n) is 12.7. The summed E-state index contributed by atoms with van der Waals surface area (Å²) in [7, 11) is 1.33. The second-order valence-electron chi connectivity index (χ2n) is 9.87. The molecule has 1 amide bonds. The third-order valence-corrected chi connectivity index (χ3v) is 6.96. The Morgan fingerprint density at radius 3 is 2.12 bits per heavy atom. The molecule has 0 radical (unpaired) electrons. The number of hydrogen-bond acceptors (Lipinski definition) is 5. The number of halogens is 6. The van der Waals surface area contributed by atoms with Crippen molar-refractivity contribution in [3.05, 3.63) is 82.5 Å². The predicted octanol–water partition coefficient (Wildman–Crippen LogP) is 6.01. The highest BCUT2D eigenvalue weighted by Crippen LogP contribution is 2.37. The highest BCUT2D eigenvalue weighted by atomic mass is 19.4. The Morgan fingerprint density at radius 2 is 1.56 bits per heavy atom. The van der Waals surface area contributed by atoms with Gasteiger partial charge in [-0.15, -0.1) is 0 Å². The molecule has 1 fully saturated rings. The minimum atomic E-state index is -5.00. The molecule has 0 aliphatic carbocycles. The van der Waals surface area contributed by atoms with Gasteiger partial charge in [-0.2, -0.15) is 31.6 Å². The summed E-state index contributed by atoms with van der Waals surface area (Å²) in [5.74, 6) is -0.240. The van der Waals surface area contributed by atoms with Crippen LogP contribution in [0.2, 0.25) is 0 Å². The number of piperazine rings is 1. The van der Waals surface area contributed by atoms with Crippen LogP contribution in [0, 0.1) is 18.3 Å². The lowest BCUT2D eigenvalue weighted by Gasteiger charge is -2.35. The van der Waals surface area contributed by atoms with Crippen LogP contribution in [0.3, 0.4) is 0 Å². The molecule has 1 aliphatic heterocycles. The molecule has 41 heavy (non-hydrogen) atoms. The molecule has 1 aliphatic rings. The Morgan fingerprint density at radius 1 is 0.951 bits per heavy atom. The van der Waals surface area contributed by atoms with E-state index in [9.17, 15) is 31.1 Å². The van der Waals surface area contributed by atoms with Gasteiger partial charge in [0.15, 0.2) is 0 Å². The lowest BCUT2D eigenvalue weighted by atomic mass is 9.95. The Balaban J connectivity index is 1.75. The first kappa shape index (κ1) is 29.9. The van der Waals surface area contributed by atoms with Crippen LogP contribution in [0.4, 0.5) is 32.2 Å². The number of aromatic nitrogens is 1. The number of benzene rings is 2. The molecule has 2 heterocycles. The SMILES string of the molecule is Cc1ccccc1-c1ccnc(N2CCN(CC#N)CC2)c1C(=O)N(C)Cc1cc(C(F)(F)F)cc(C(F)(F)F)c1. The van der Waals surface area contributed by atoms with Crippen LogP contribution in [0.5, 0.6) is 0 Å². The third kappa shape index (κ3) is 6.79. The Kier molecular flexibility index (Phi) is 8.58. The number of aryl methyl sites for hydroxylation is 1. The van der Waals surface area contributed by atoms with Gasteiger partial charge in [0.1, 0.15) is 5.82 Å². The number of carbonyl (C=O) groups excluding carboxylic acids is 1. The first-order valence-corrected chi connectivity index (χ1v) is 12.7. The predicted molar refractivity (Wildman–Crippen MR) is 141 cm³/mol. The fourth-order valence-corrected chi connectivity index (χ4v) is 4.87. The average Bonchev–Trinajstić information content (AvgIpc) is 2.92. The molecular weight excluding hydrogens is 548 g/mol. The maximum absolute atomic E-state index is 14.0. The molecule has 0 unspecified atom stereocenters. The maximum atomic E-state index is 14.0. The van der Waals surface area contributed by atoms with Gasteiger partial charge in [0.2, 0.25) is 0 Å². The van der Waals surface area contributed by atoms with Gasteiger partial charge < -0.3 is 9.80 Å². The van der Waals surface area contributed by atoms with E-state index in [0.29, 0.717) is 49.7 Å². The van der Waals surface area contributed by atoms with Gasteiger partial charge in [-0.05, 0) is 53.4 Å². The summed E-state index contributed by atoms with van der Waals surface area (Å²) in [6.45, 7) is 3.68. The van der Waals surface area contributed by atoms with Crippen LogP contribution in [0.1, 0.15) is 32.6 Å². The van der Waals surface area contributed by atoms with Crippen LogP contribution < -0.4 is 4.90 Å². The van der Waals surface area contributed by atoms with Crippen molar-refractivity contribution in [2.24, 2.45) is 0 Å². The summed E-state index contributed by atoms with van der Waals surface area (Å²) in [6.07, 6.45) is -8.43. The van der Waals surface area contributed by atoms with Gasteiger partial charge in [-0.1, -0.05) is 24.3 Å². The van der Waals surface area contributed by atoms with Crippen molar-refractivity contribution in [2.45, 2.75) is 25.8 Å². The van der Waals surface area contributed by atoms with Gasteiger partial charge in [-0.3, -0.25) is 9.69 Å². The molecule has 0 saturated carbocycles. The van der Waals surface area contributed by atoms with E-state index < -0.39 is 35.9 Å². The van der Waals surface area contributed by atoms with Gasteiger partial charge >= 0.3 is 12.4 Å². The van der Waals surface area contributed by atoms with Gasteiger partial charge in [0.25, 0.3) is 5.91 Å². The van der Waals surface area contributed by atoms with Crippen molar-refractivity contribution in [3.63, 3.8) is 0 Å². The molecule has 2 aromatic carbocycles.